The smallest absolute Gasteiger partial charge is 0.338 e. The highest BCUT2D eigenvalue weighted by molar-refractivity contribution is 5.97. The second kappa shape index (κ2) is 10.7. The van der Waals surface area contributed by atoms with Crippen molar-refractivity contribution >= 4 is 29.4 Å². The standard InChI is InChI=1S/C21H21FN2O6/c1-13(2)30-21(28)14-6-8-17(9-7-14)24-18(25)12-29-19(26)11-23-20(27)15-4-3-5-16(22)10-15/h3-10,13H,11-12H2,1-2H3,(H,23,27)(H,24,25). The second-order valence-electron chi connectivity index (χ2n) is 6.43. The highest BCUT2D eigenvalue weighted by Gasteiger charge is 2.12. The molecule has 158 valence electrons. The largest absolute Gasteiger partial charge is 0.459 e. The van der Waals surface area contributed by atoms with Crippen LogP contribution in [0.25, 0.3) is 0 Å². The maximum Gasteiger partial charge on any atom is 0.338 e. The third-order valence-electron chi connectivity index (χ3n) is 3.59. The number of amides is 2. The molecule has 0 saturated carbocycles. The summed E-state index contributed by atoms with van der Waals surface area (Å²) in [6.45, 7) is 2.43. The molecular weight excluding hydrogens is 395 g/mol. The Bertz CT molecular complexity index is 927. The normalized spacial score (nSPS) is 10.3. The van der Waals surface area contributed by atoms with Crippen molar-refractivity contribution in [3.8, 4) is 0 Å². The van der Waals surface area contributed by atoms with E-state index in [2.05, 4.69) is 10.6 Å². The molecule has 0 aliphatic heterocycles. The number of ether oxygens (including phenoxy) is 2. The maximum atomic E-state index is 13.1. The third kappa shape index (κ3) is 7.34. The molecule has 0 bridgehead atoms. The summed E-state index contributed by atoms with van der Waals surface area (Å²) in [7, 11) is 0. The molecule has 0 radical (unpaired) electrons. The van der Waals surface area contributed by atoms with Crippen LogP contribution in [0.3, 0.4) is 0 Å². The molecule has 0 spiro atoms. The van der Waals surface area contributed by atoms with Gasteiger partial charge in [-0.3, -0.25) is 14.4 Å². The van der Waals surface area contributed by atoms with Crippen molar-refractivity contribution in [3.63, 3.8) is 0 Å². The van der Waals surface area contributed by atoms with Crippen LogP contribution < -0.4 is 10.6 Å². The Kier molecular flexibility index (Phi) is 8.04. The molecular formula is C21H21FN2O6. The molecule has 9 heteroatoms. The molecule has 0 unspecified atom stereocenters. The Hall–Kier alpha value is -3.75. The van der Waals surface area contributed by atoms with Crippen LogP contribution in [0.4, 0.5) is 10.1 Å². The van der Waals surface area contributed by atoms with Gasteiger partial charge in [0.2, 0.25) is 0 Å². The van der Waals surface area contributed by atoms with Crippen LogP contribution in [0, 0.1) is 5.82 Å². The summed E-state index contributed by atoms with van der Waals surface area (Å²) in [5, 5.41) is 4.78. The number of benzene rings is 2. The highest BCUT2D eigenvalue weighted by atomic mass is 19.1. The van der Waals surface area contributed by atoms with Gasteiger partial charge in [-0.1, -0.05) is 6.07 Å². The molecule has 0 aromatic heterocycles. The fraction of sp³-hybridized carbons (Fsp3) is 0.238. The Balaban J connectivity index is 1.74. The number of rotatable bonds is 8. The van der Waals surface area contributed by atoms with Gasteiger partial charge in [0.1, 0.15) is 12.4 Å². The molecule has 2 N–H and O–H groups in total. The Morgan fingerprint density at radius 3 is 2.33 bits per heavy atom. The molecule has 0 saturated heterocycles. The molecule has 0 atom stereocenters. The van der Waals surface area contributed by atoms with Gasteiger partial charge >= 0.3 is 11.9 Å². The molecule has 2 amide bonds. The van der Waals surface area contributed by atoms with Gasteiger partial charge in [-0.15, -0.1) is 0 Å². The summed E-state index contributed by atoms with van der Waals surface area (Å²) in [6, 6.07) is 11.0. The van der Waals surface area contributed by atoms with Gasteiger partial charge in [-0.05, 0) is 56.3 Å². The number of anilines is 1. The number of esters is 2. The van der Waals surface area contributed by atoms with Crippen LogP contribution in [-0.4, -0.2) is 43.0 Å². The lowest BCUT2D eigenvalue weighted by molar-refractivity contribution is -0.146. The number of carbonyl (C=O) groups is 4. The fourth-order valence-corrected chi connectivity index (χ4v) is 2.25. The van der Waals surface area contributed by atoms with Crippen molar-refractivity contribution in [3.05, 3.63) is 65.5 Å². The average Bonchev–Trinajstić information content (AvgIpc) is 2.70. The quantitative estimate of drug-likeness (QED) is 0.639. The van der Waals surface area contributed by atoms with Crippen LogP contribution in [-0.2, 0) is 19.1 Å². The van der Waals surface area contributed by atoms with E-state index in [0.717, 1.165) is 6.07 Å². The maximum absolute atomic E-state index is 13.1. The van der Waals surface area contributed by atoms with E-state index >= 15 is 0 Å². The van der Waals surface area contributed by atoms with Gasteiger partial charge in [0, 0.05) is 11.3 Å². The topological polar surface area (TPSA) is 111 Å². The Morgan fingerprint density at radius 2 is 1.70 bits per heavy atom. The van der Waals surface area contributed by atoms with Gasteiger partial charge in [-0.25, -0.2) is 9.18 Å². The fourth-order valence-electron chi connectivity index (χ4n) is 2.25. The van der Waals surface area contributed by atoms with Crippen LogP contribution in [0.1, 0.15) is 34.6 Å². The summed E-state index contributed by atoms with van der Waals surface area (Å²) >= 11 is 0. The molecule has 8 nitrogen and oxygen atoms in total. The van der Waals surface area contributed by atoms with Crippen molar-refractivity contribution in [2.75, 3.05) is 18.5 Å². The summed E-state index contributed by atoms with van der Waals surface area (Å²) < 4.78 is 22.9. The number of halogens is 1. The van der Waals surface area contributed by atoms with Gasteiger partial charge in [-0.2, -0.15) is 0 Å². The molecule has 2 rings (SSSR count). The van der Waals surface area contributed by atoms with Crippen molar-refractivity contribution in [1.29, 1.82) is 0 Å². The first-order chi connectivity index (χ1) is 14.2. The zero-order chi connectivity index (χ0) is 22.1. The summed E-state index contributed by atoms with van der Waals surface area (Å²) in [5.41, 5.74) is 0.792. The predicted octanol–water partition coefficient (Wildman–Crippen LogP) is 2.30. The first-order valence-electron chi connectivity index (χ1n) is 9.05. The predicted molar refractivity (Wildman–Crippen MR) is 105 cm³/mol. The lowest BCUT2D eigenvalue weighted by atomic mass is 10.2. The summed E-state index contributed by atoms with van der Waals surface area (Å²) in [4.78, 5) is 47.1. The zero-order valence-electron chi connectivity index (χ0n) is 16.4. The van der Waals surface area contributed by atoms with Crippen LogP contribution in [0.2, 0.25) is 0 Å². The van der Waals surface area contributed by atoms with E-state index in [9.17, 15) is 23.6 Å². The Morgan fingerprint density at radius 1 is 1.00 bits per heavy atom. The highest BCUT2D eigenvalue weighted by Crippen LogP contribution is 2.11. The lowest BCUT2D eigenvalue weighted by Gasteiger charge is -2.09. The molecule has 0 heterocycles. The first kappa shape index (κ1) is 22.5. The van der Waals surface area contributed by atoms with Crippen molar-refractivity contribution in [1.82, 2.24) is 5.32 Å². The van der Waals surface area contributed by atoms with Crippen molar-refractivity contribution in [2.45, 2.75) is 20.0 Å². The molecule has 0 aliphatic rings. The number of nitrogens with one attached hydrogen (secondary N) is 2. The molecule has 2 aromatic rings. The Labute approximate surface area is 172 Å². The number of carbonyl (C=O) groups excluding carboxylic acids is 4. The van der Waals surface area contributed by atoms with E-state index < -0.39 is 42.7 Å². The second-order valence-corrected chi connectivity index (χ2v) is 6.43. The SMILES string of the molecule is CC(C)OC(=O)c1ccc(NC(=O)COC(=O)CNC(=O)c2cccc(F)c2)cc1. The van der Waals surface area contributed by atoms with Crippen molar-refractivity contribution in [2.24, 2.45) is 0 Å². The summed E-state index contributed by atoms with van der Waals surface area (Å²) in [5.74, 6) is -3.13. The minimum Gasteiger partial charge on any atom is -0.459 e. The minimum absolute atomic E-state index is 0.0567. The average molecular weight is 416 g/mol. The number of hydrogen-bond acceptors (Lipinski definition) is 6. The minimum atomic E-state index is -0.832. The van der Waals surface area contributed by atoms with E-state index in [1.807, 2.05) is 0 Å². The van der Waals surface area contributed by atoms with E-state index in [0.29, 0.717) is 11.3 Å². The van der Waals surface area contributed by atoms with Gasteiger partial charge in [0.05, 0.1) is 11.7 Å². The van der Waals surface area contributed by atoms with E-state index in [1.165, 1.54) is 42.5 Å². The zero-order valence-corrected chi connectivity index (χ0v) is 16.4. The lowest BCUT2D eigenvalue weighted by Crippen LogP contribution is -2.32. The molecule has 0 aliphatic carbocycles. The van der Waals surface area contributed by atoms with E-state index in [4.69, 9.17) is 9.47 Å². The van der Waals surface area contributed by atoms with E-state index in [1.54, 1.807) is 13.8 Å². The summed E-state index contributed by atoms with van der Waals surface area (Å²) in [6.07, 6.45) is -0.245. The molecule has 0 fully saturated rings. The first-order valence-corrected chi connectivity index (χ1v) is 9.05. The molecule has 2 aromatic carbocycles. The monoisotopic (exact) mass is 416 g/mol. The van der Waals surface area contributed by atoms with Crippen molar-refractivity contribution < 1.29 is 33.0 Å². The molecule has 30 heavy (non-hydrogen) atoms. The third-order valence-corrected chi connectivity index (χ3v) is 3.59. The van der Waals surface area contributed by atoms with Crippen LogP contribution in [0.15, 0.2) is 48.5 Å². The van der Waals surface area contributed by atoms with Gasteiger partial charge in [0.25, 0.3) is 11.8 Å². The van der Waals surface area contributed by atoms with Gasteiger partial charge in [0.15, 0.2) is 6.61 Å². The van der Waals surface area contributed by atoms with Crippen LogP contribution >= 0.6 is 0 Å². The van der Waals surface area contributed by atoms with E-state index in [-0.39, 0.29) is 11.7 Å². The van der Waals surface area contributed by atoms with Crippen LogP contribution in [0.5, 0.6) is 0 Å². The van der Waals surface area contributed by atoms with Gasteiger partial charge < -0.3 is 20.1 Å². The number of hydrogen-bond donors (Lipinski definition) is 2.